The first-order valence-corrected chi connectivity index (χ1v) is 6.26. The zero-order chi connectivity index (χ0) is 10.7. The standard InChI is InChI=1S/C12H22N2O/c1-14(9-10-5-2-3-6-10)12(15)11-7-4-8-13-11/h10-11,13H,2-9H2,1H3. The highest BCUT2D eigenvalue weighted by atomic mass is 16.2. The molecule has 0 aromatic carbocycles. The number of carbonyl (C=O) groups is 1. The van der Waals surface area contributed by atoms with Gasteiger partial charge in [-0.3, -0.25) is 4.79 Å². The summed E-state index contributed by atoms with van der Waals surface area (Å²) in [5.41, 5.74) is 0. The van der Waals surface area contributed by atoms with E-state index in [0.29, 0.717) is 5.91 Å². The fourth-order valence-corrected chi connectivity index (χ4v) is 2.83. The topological polar surface area (TPSA) is 32.3 Å². The van der Waals surface area contributed by atoms with Crippen LogP contribution in [-0.4, -0.2) is 37.0 Å². The van der Waals surface area contributed by atoms with Crippen molar-refractivity contribution in [1.29, 1.82) is 0 Å². The Morgan fingerprint density at radius 1 is 1.27 bits per heavy atom. The number of hydrogen-bond donors (Lipinski definition) is 1. The van der Waals surface area contributed by atoms with Crippen LogP contribution in [0.3, 0.4) is 0 Å². The Morgan fingerprint density at radius 3 is 2.60 bits per heavy atom. The van der Waals surface area contributed by atoms with Crippen LogP contribution in [0.4, 0.5) is 0 Å². The molecule has 0 radical (unpaired) electrons. The Morgan fingerprint density at radius 2 is 2.00 bits per heavy atom. The molecule has 2 fully saturated rings. The highest BCUT2D eigenvalue weighted by Crippen LogP contribution is 2.25. The summed E-state index contributed by atoms with van der Waals surface area (Å²) in [4.78, 5) is 13.9. The van der Waals surface area contributed by atoms with E-state index in [4.69, 9.17) is 0 Å². The monoisotopic (exact) mass is 210 g/mol. The molecule has 1 saturated heterocycles. The Kier molecular flexibility index (Phi) is 3.62. The number of likely N-dealkylation sites (N-methyl/N-ethyl adjacent to an activating group) is 1. The van der Waals surface area contributed by atoms with Crippen molar-refractivity contribution >= 4 is 5.91 Å². The molecule has 3 nitrogen and oxygen atoms in total. The summed E-state index contributed by atoms with van der Waals surface area (Å²) in [6, 6.07) is 0.108. The molecule has 0 aromatic heterocycles. The van der Waals surface area contributed by atoms with Gasteiger partial charge in [0.05, 0.1) is 6.04 Å². The Bertz CT molecular complexity index is 218. The van der Waals surface area contributed by atoms with Crippen LogP contribution >= 0.6 is 0 Å². The van der Waals surface area contributed by atoms with Gasteiger partial charge in [-0.25, -0.2) is 0 Å². The normalized spacial score (nSPS) is 27.1. The lowest BCUT2D eigenvalue weighted by molar-refractivity contribution is -0.132. The van der Waals surface area contributed by atoms with Gasteiger partial charge in [-0.1, -0.05) is 12.8 Å². The van der Waals surface area contributed by atoms with E-state index in [1.807, 2.05) is 11.9 Å². The second-order valence-corrected chi connectivity index (χ2v) is 5.02. The largest absolute Gasteiger partial charge is 0.344 e. The third-order valence-electron chi connectivity index (χ3n) is 3.74. The molecule has 2 rings (SSSR count). The van der Waals surface area contributed by atoms with Crippen LogP contribution in [0.5, 0.6) is 0 Å². The highest BCUT2D eigenvalue weighted by molar-refractivity contribution is 5.81. The molecule has 3 heteroatoms. The quantitative estimate of drug-likeness (QED) is 0.763. The molecular formula is C12H22N2O. The van der Waals surface area contributed by atoms with Crippen molar-refractivity contribution in [1.82, 2.24) is 10.2 Å². The smallest absolute Gasteiger partial charge is 0.239 e. The van der Waals surface area contributed by atoms with E-state index < -0.39 is 0 Å². The molecule has 1 aliphatic carbocycles. The van der Waals surface area contributed by atoms with Crippen molar-refractivity contribution in [2.45, 2.75) is 44.6 Å². The Balaban J connectivity index is 1.78. The summed E-state index contributed by atoms with van der Waals surface area (Å²) < 4.78 is 0. The lowest BCUT2D eigenvalue weighted by Gasteiger charge is -2.24. The van der Waals surface area contributed by atoms with Gasteiger partial charge in [0.25, 0.3) is 0 Å². The van der Waals surface area contributed by atoms with Gasteiger partial charge in [0.15, 0.2) is 0 Å². The minimum absolute atomic E-state index is 0.108. The number of nitrogens with zero attached hydrogens (tertiary/aromatic N) is 1. The number of hydrogen-bond acceptors (Lipinski definition) is 2. The van der Waals surface area contributed by atoms with Crippen molar-refractivity contribution in [2.24, 2.45) is 5.92 Å². The molecule has 1 atom stereocenters. The molecule has 86 valence electrons. The molecule has 0 bridgehead atoms. The summed E-state index contributed by atoms with van der Waals surface area (Å²) in [5, 5.41) is 3.27. The predicted octanol–water partition coefficient (Wildman–Crippen LogP) is 1.39. The molecule has 0 spiro atoms. The van der Waals surface area contributed by atoms with Gasteiger partial charge in [-0.2, -0.15) is 0 Å². The van der Waals surface area contributed by atoms with Crippen molar-refractivity contribution in [2.75, 3.05) is 20.1 Å². The maximum atomic E-state index is 12.0. The van der Waals surface area contributed by atoms with Crippen molar-refractivity contribution < 1.29 is 4.79 Å². The number of nitrogens with one attached hydrogen (secondary N) is 1. The van der Waals surface area contributed by atoms with E-state index in [2.05, 4.69) is 5.32 Å². The SMILES string of the molecule is CN(CC1CCCC1)C(=O)C1CCCN1. The Hall–Kier alpha value is -0.570. The van der Waals surface area contributed by atoms with Gasteiger partial charge in [-0.05, 0) is 38.1 Å². The predicted molar refractivity (Wildman–Crippen MR) is 60.6 cm³/mol. The van der Waals surface area contributed by atoms with E-state index in [0.717, 1.165) is 31.8 Å². The minimum Gasteiger partial charge on any atom is -0.344 e. The number of carbonyl (C=O) groups excluding carboxylic acids is 1. The first kappa shape index (κ1) is 10.9. The van der Waals surface area contributed by atoms with Gasteiger partial charge in [0, 0.05) is 13.6 Å². The van der Waals surface area contributed by atoms with Gasteiger partial charge < -0.3 is 10.2 Å². The minimum atomic E-state index is 0.108. The third kappa shape index (κ3) is 2.71. The Labute approximate surface area is 92.2 Å². The molecule has 1 saturated carbocycles. The second-order valence-electron chi connectivity index (χ2n) is 5.02. The summed E-state index contributed by atoms with van der Waals surface area (Å²) in [6.45, 7) is 1.98. The molecule has 1 N–H and O–H groups in total. The van der Waals surface area contributed by atoms with Crippen LogP contribution in [0.15, 0.2) is 0 Å². The van der Waals surface area contributed by atoms with Gasteiger partial charge >= 0.3 is 0 Å². The van der Waals surface area contributed by atoms with Gasteiger partial charge in [0.2, 0.25) is 5.91 Å². The van der Waals surface area contributed by atoms with E-state index >= 15 is 0 Å². The van der Waals surface area contributed by atoms with E-state index in [-0.39, 0.29) is 6.04 Å². The maximum absolute atomic E-state index is 12.0. The summed E-state index contributed by atoms with van der Waals surface area (Å²) >= 11 is 0. The zero-order valence-electron chi connectivity index (χ0n) is 9.67. The van der Waals surface area contributed by atoms with Gasteiger partial charge in [0.1, 0.15) is 0 Å². The molecule has 0 aromatic rings. The molecule has 1 unspecified atom stereocenters. The summed E-state index contributed by atoms with van der Waals surface area (Å²) in [5.74, 6) is 1.07. The van der Waals surface area contributed by atoms with Crippen LogP contribution in [0.25, 0.3) is 0 Å². The summed E-state index contributed by atoms with van der Waals surface area (Å²) in [7, 11) is 1.96. The lowest BCUT2D eigenvalue weighted by atomic mass is 10.1. The van der Waals surface area contributed by atoms with Crippen LogP contribution in [-0.2, 0) is 4.79 Å². The highest BCUT2D eigenvalue weighted by Gasteiger charge is 2.26. The van der Waals surface area contributed by atoms with E-state index in [1.165, 1.54) is 25.7 Å². The summed E-state index contributed by atoms with van der Waals surface area (Å²) in [6.07, 6.45) is 7.51. The number of rotatable bonds is 3. The van der Waals surface area contributed by atoms with E-state index in [9.17, 15) is 4.79 Å². The average molecular weight is 210 g/mol. The molecular weight excluding hydrogens is 188 g/mol. The fraction of sp³-hybridized carbons (Fsp3) is 0.917. The first-order chi connectivity index (χ1) is 7.27. The van der Waals surface area contributed by atoms with Crippen LogP contribution in [0.1, 0.15) is 38.5 Å². The van der Waals surface area contributed by atoms with Crippen molar-refractivity contribution in [3.05, 3.63) is 0 Å². The molecule has 1 amide bonds. The number of amides is 1. The third-order valence-corrected chi connectivity index (χ3v) is 3.74. The molecule has 1 aliphatic heterocycles. The average Bonchev–Trinajstić information content (AvgIpc) is 2.88. The molecule has 1 heterocycles. The second kappa shape index (κ2) is 4.97. The van der Waals surface area contributed by atoms with Crippen LogP contribution in [0.2, 0.25) is 0 Å². The van der Waals surface area contributed by atoms with E-state index in [1.54, 1.807) is 0 Å². The zero-order valence-corrected chi connectivity index (χ0v) is 9.67. The molecule has 2 aliphatic rings. The lowest BCUT2D eigenvalue weighted by Crippen LogP contribution is -2.43. The van der Waals surface area contributed by atoms with Crippen molar-refractivity contribution in [3.8, 4) is 0 Å². The van der Waals surface area contributed by atoms with Crippen LogP contribution in [0, 0.1) is 5.92 Å². The molecule has 15 heavy (non-hydrogen) atoms. The fourth-order valence-electron chi connectivity index (χ4n) is 2.83. The first-order valence-electron chi connectivity index (χ1n) is 6.26. The van der Waals surface area contributed by atoms with Crippen LogP contribution < -0.4 is 5.32 Å². The van der Waals surface area contributed by atoms with Crippen molar-refractivity contribution in [3.63, 3.8) is 0 Å². The maximum Gasteiger partial charge on any atom is 0.239 e. The van der Waals surface area contributed by atoms with Gasteiger partial charge in [-0.15, -0.1) is 0 Å².